The highest BCUT2D eigenvalue weighted by Gasteiger charge is 2.95. The molecule has 4 rings (SSSR count). The number of nitrogens with zero attached hydrogens (tertiary/aromatic N) is 1. The highest BCUT2D eigenvalue weighted by atomic mass is 79.9. The number of aryl methyl sites for hydroxylation is 1. The molecule has 0 radical (unpaired) electrons. The van der Waals surface area contributed by atoms with Gasteiger partial charge < -0.3 is 0 Å². The van der Waals surface area contributed by atoms with E-state index in [1.54, 1.807) is 36.4 Å². The minimum absolute atomic E-state index is 0.0204. The Labute approximate surface area is 177 Å². The number of alkyl halides is 2. The topological polar surface area (TPSA) is 46.6 Å². The van der Waals surface area contributed by atoms with Crippen LogP contribution in [0.3, 0.4) is 0 Å². The molecule has 29 heavy (non-hydrogen) atoms. The molecular weight excluding hydrogens is 464 g/mol. The molecule has 0 amide bonds. The number of halogens is 3. The SMILES string of the molecule is Cc1ccc(S(=O)(=O)[C@@H]2[C@@H](c3ccc(Br)cc3)N(C)O[C@]23C(C)(C)C3(F)F)cc1. The molecule has 0 unspecified atom stereocenters. The van der Waals surface area contributed by atoms with E-state index < -0.39 is 38.1 Å². The molecule has 2 aromatic carbocycles. The van der Waals surface area contributed by atoms with Crippen molar-refractivity contribution in [2.75, 3.05) is 7.05 Å². The number of hydroxylamine groups is 2. The lowest BCUT2D eigenvalue weighted by atomic mass is 9.96. The van der Waals surface area contributed by atoms with Gasteiger partial charge in [-0.2, -0.15) is 5.06 Å². The predicted octanol–water partition coefficient (Wildman–Crippen LogP) is 4.93. The zero-order valence-corrected chi connectivity index (χ0v) is 18.9. The van der Waals surface area contributed by atoms with E-state index in [4.69, 9.17) is 4.84 Å². The second-order valence-corrected chi connectivity index (χ2v) is 11.3. The van der Waals surface area contributed by atoms with Crippen LogP contribution in [0.5, 0.6) is 0 Å². The van der Waals surface area contributed by atoms with E-state index >= 15 is 8.78 Å². The first-order chi connectivity index (χ1) is 13.4. The number of hydrogen-bond acceptors (Lipinski definition) is 4. The summed E-state index contributed by atoms with van der Waals surface area (Å²) in [5.74, 6) is -3.29. The van der Waals surface area contributed by atoms with Gasteiger partial charge in [0.25, 0.3) is 5.92 Å². The van der Waals surface area contributed by atoms with Crippen LogP contribution in [0.1, 0.15) is 31.0 Å². The van der Waals surface area contributed by atoms with Crippen molar-refractivity contribution in [3.63, 3.8) is 0 Å². The standard InChI is InChI=1S/C21H22BrF2NO3S/c1-13-5-11-16(12-6-13)29(26,27)18-17(14-7-9-15(22)10-8-14)25(4)28-20(18)19(2,3)21(20,23)24/h5-12,17-18H,1-4H3/t17-,18-,20+/m1/s1. The zero-order valence-electron chi connectivity index (χ0n) is 16.5. The highest BCUT2D eigenvalue weighted by molar-refractivity contribution is 9.10. The third-order valence-corrected chi connectivity index (χ3v) is 9.10. The first-order valence-electron chi connectivity index (χ1n) is 9.24. The van der Waals surface area contributed by atoms with E-state index in [-0.39, 0.29) is 4.90 Å². The van der Waals surface area contributed by atoms with E-state index in [1.807, 2.05) is 6.92 Å². The van der Waals surface area contributed by atoms with Crippen LogP contribution in [0.4, 0.5) is 8.78 Å². The van der Waals surface area contributed by atoms with Crippen molar-refractivity contribution in [2.24, 2.45) is 5.41 Å². The van der Waals surface area contributed by atoms with Crippen LogP contribution in [-0.2, 0) is 14.7 Å². The van der Waals surface area contributed by atoms with Gasteiger partial charge in [-0.25, -0.2) is 17.2 Å². The van der Waals surface area contributed by atoms with E-state index in [9.17, 15) is 8.42 Å². The summed E-state index contributed by atoms with van der Waals surface area (Å²) in [6.07, 6.45) is 0. The highest BCUT2D eigenvalue weighted by Crippen LogP contribution is 2.77. The summed E-state index contributed by atoms with van der Waals surface area (Å²) in [6.45, 7) is 4.57. The minimum Gasteiger partial charge on any atom is -0.283 e. The molecule has 0 bridgehead atoms. The lowest BCUT2D eigenvalue weighted by Crippen LogP contribution is -2.41. The Bertz CT molecular complexity index is 1040. The van der Waals surface area contributed by atoms with Crippen molar-refractivity contribution in [3.8, 4) is 0 Å². The summed E-state index contributed by atoms with van der Waals surface area (Å²) in [5, 5.41) is -0.184. The van der Waals surface area contributed by atoms with Gasteiger partial charge in [-0.05, 0) is 36.8 Å². The molecule has 1 saturated heterocycles. The van der Waals surface area contributed by atoms with Crippen LogP contribution in [0.15, 0.2) is 57.9 Å². The monoisotopic (exact) mass is 485 g/mol. The zero-order chi connectivity index (χ0) is 21.4. The molecule has 2 aliphatic rings. The van der Waals surface area contributed by atoms with Gasteiger partial charge in [0, 0.05) is 11.5 Å². The maximum absolute atomic E-state index is 15.1. The smallest absolute Gasteiger partial charge is 0.283 e. The van der Waals surface area contributed by atoms with Gasteiger partial charge in [0.2, 0.25) is 0 Å². The van der Waals surface area contributed by atoms with Gasteiger partial charge in [0.1, 0.15) is 5.25 Å². The van der Waals surface area contributed by atoms with Gasteiger partial charge in [0.15, 0.2) is 15.4 Å². The molecule has 1 spiro atoms. The molecule has 1 saturated carbocycles. The fourth-order valence-corrected chi connectivity index (χ4v) is 7.19. The van der Waals surface area contributed by atoms with Crippen LogP contribution < -0.4 is 0 Å². The lowest BCUT2D eigenvalue weighted by molar-refractivity contribution is -0.183. The van der Waals surface area contributed by atoms with Crippen molar-refractivity contribution in [1.29, 1.82) is 0 Å². The molecule has 0 aromatic heterocycles. The Morgan fingerprint density at radius 1 is 1.03 bits per heavy atom. The molecule has 3 atom stereocenters. The number of rotatable bonds is 3. The second-order valence-electron chi connectivity index (χ2n) is 8.35. The maximum atomic E-state index is 15.1. The van der Waals surface area contributed by atoms with Crippen LogP contribution in [-0.4, -0.2) is 37.3 Å². The summed E-state index contributed by atoms with van der Waals surface area (Å²) in [7, 11) is -2.62. The first-order valence-corrected chi connectivity index (χ1v) is 11.6. The minimum atomic E-state index is -4.14. The lowest BCUT2D eigenvalue weighted by Gasteiger charge is -2.25. The fourth-order valence-electron chi connectivity index (χ4n) is 4.52. The molecule has 156 valence electrons. The Hall–Kier alpha value is -1.35. The van der Waals surface area contributed by atoms with Gasteiger partial charge in [0.05, 0.1) is 16.4 Å². The van der Waals surface area contributed by atoms with Crippen LogP contribution in [0, 0.1) is 12.3 Å². The summed E-state index contributed by atoms with van der Waals surface area (Å²) in [5.41, 5.74) is -2.26. The maximum Gasteiger partial charge on any atom is 0.288 e. The van der Waals surface area contributed by atoms with Crippen LogP contribution in [0.2, 0.25) is 0 Å². The third kappa shape index (κ3) is 2.62. The quantitative estimate of drug-likeness (QED) is 0.618. The second kappa shape index (κ2) is 6.33. The van der Waals surface area contributed by atoms with E-state index in [1.165, 1.54) is 38.1 Å². The van der Waals surface area contributed by atoms with Gasteiger partial charge in [-0.3, -0.25) is 4.84 Å². The van der Waals surface area contributed by atoms with Gasteiger partial charge >= 0.3 is 0 Å². The van der Waals surface area contributed by atoms with Crippen molar-refractivity contribution in [2.45, 2.75) is 48.5 Å². The Kier molecular flexibility index (Phi) is 4.56. The normalized spacial score (nSPS) is 30.6. The van der Waals surface area contributed by atoms with Crippen molar-refractivity contribution in [3.05, 3.63) is 64.1 Å². The average molecular weight is 486 g/mol. The van der Waals surface area contributed by atoms with Crippen molar-refractivity contribution < 1.29 is 22.0 Å². The fraction of sp³-hybridized carbons (Fsp3) is 0.429. The summed E-state index contributed by atoms with van der Waals surface area (Å²) in [4.78, 5) is 5.74. The molecule has 8 heteroatoms. The number of sulfone groups is 1. The third-order valence-electron chi connectivity index (χ3n) is 6.38. The predicted molar refractivity (Wildman–Crippen MR) is 109 cm³/mol. The number of benzene rings is 2. The molecule has 1 heterocycles. The molecule has 2 fully saturated rings. The Morgan fingerprint density at radius 3 is 2.03 bits per heavy atom. The van der Waals surface area contributed by atoms with Gasteiger partial charge in [-0.1, -0.05) is 59.6 Å². The summed E-state index contributed by atoms with van der Waals surface area (Å²) in [6, 6.07) is 12.4. The average Bonchev–Trinajstić information content (AvgIpc) is 2.90. The Balaban J connectivity index is 1.93. The molecule has 0 N–H and O–H groups in total. The van der Waals surface area contributed by atoms with E-state index in [2.05, 4.69) is 15.9 Å². The summed E-state index contributed by atoms with van der Waals surface area (Å²) >= 11 is 3.36. The van der Waals surface area contributed by atoms with Crippen LogP contribution in [0.25, 0.3) is 0 Å². The summed E-state index contributed by atoms with van der Waals surface area (Å²) < 4.78 is 58.5. The van der Waals surface area contributed by atoms with E-state index in [0.29, 0.717) is 5.56 Å². The van der Waals surface area contributed by atoms with Gasteiger partial charge in [-0.15, -0.1) is 0 Å². The molecule has 1 aliphatic carbocycles. The molecular formula is C21H22BrF2NO3S. The van der Waals surface area contributed by atoms with E-state index in [0.717, 1.165) is 10.0 Å². The molecule has 1 aliphatic heterocycles. The Morgan fingerprint density at radius 2 is 1.55 bits per heavy atom. The van der Waals surface area contributed by atoms with Crippen molar-refractivity contribution >= 4 is 25.8 Å². The van der Waals surface area contributed by atoms with Crippen molar-refractivity contribution in [1.82, 2.24) is 5.06 Å². The van der Waals surface area contributed by atoms with Crippen LogP contribution >= 0.6 is 15.9 Å². The molecule has 4 nitrogen and oxygen atoms in total. The number of hydrogen-bond donors (Lipinski definition) is 0. The largest absolute Gasteiger partial charge is 0.288 e. The molecule has 2 aromatic rings. The first kappa shape index (κ1) is 20.9.